The van der Waals surface area contributed by atoms with Crippen molar-refractivity contribution >= 4 is 17.7 Å². The molecule has 126 valence electrons. The van der Waals surface area contributed by atoms with E-state index in [0.717, 1.165) is 0 Å². The van der Waals surface area contributed by atoms with Gasteiger partial charge in [-0.15, -0.1) is 0 Å². The number of hydrogen-bond acceptors (Lipinski definition) is 4. The molecule has 0 saturated heterocycles. The molecule has 0 aliphatic carbocycles. The molecule has 5 nitrogen and oxygen atoms in total. The second kappa shape index (κ2) is 8.06. The second-order valence-corrected chi connectivity index (χ2v) is 5.45. The number of carbonyl (C=O) groups excluding carboxylic acids is 1. The van der Waals surface area contributed by atoms with Crippen LogP contribution in [0.4, 0.5) is 5.69 Å². The average molecular weight is 327 g/mol. The van der Waals surface area contributed by atoms with Crippen LogP contribution in [0.3, 0.4) is 0 Å². The summed E-state index contributed by atoms with van der Waals surface area (Å²) < 4.78 is 10.6. The number of phenols is 1. The van der Waals surface area contributed by atoms with Crippen LogP contribution in [0, 0.1) is 0 Å². The van der Waals surface area contributed by atoms with E-state index in [1.807, 2.05) is 26.0 Å². The average Bonchev–Trinajstić information content (AvgIpc) is 2.53. The van der Waals surface area contributed by atoms with E-state index >= 15 is 0 Å². The van der Waals surface area contributed by atoms with Crippen LogP contribution in [0.5, 0.6) is 17.2 Å². The normalized spacial score (nSPS) is 10.8. The Labute approximate surface area is 141 Å². The number of phenolic OH excluding ortho intramolecular Hbond substituents is 1. The van der Waals surface area contributed by atoms with Crippen LogP contribution in [-0.4, -0.2) is 24.2 Å². The standard InChI is InChI=1S/C19H21NO4/c1-13(2)24-16-6-4-5-15(12-16)20-19(22)10-8-14-7-9-18(23-3)17(21)11-14/h4-13,21H,1-3H3,(H,20,22)/b10-8+. The Bertz CT molecular complexity index is 738. The van der Waals surface area contributed by atoms with Crippen molar-refractivity contribution in [1.82, 2.24) is 0 Å². The summed E-state index contributed by atoms with van der Waals surface area (Å²) >= 11 is 0. The van der Waals surface area contributed by atoms with Crippen molar-refractivity contribution in [1.29, 1.82) is 0 Å². The molecule has 2 aromatic rings. The summed E-state index contributed by atoms with van der Waals surface area (Å²) in [4.78, 5) is 12.0. The number of amides is 1. The van der Waals surface area contributed by atoms with E-state index in [1.54, 1.807) is 30.3 Å². The first-order chi connectivity index (χ1) is 11.5. The second-order valence-electron chi connectivity index (χ2n) is 5.45. The Hall–Kier alpha value is -2.95. The van der Waals surface area contributed by atoms with Gasteiger partial charge in [0.25, 0.3) is 0 Å². The third-order valence-corrected chi connectivity index (χ3v) is 3.10. The summed E-state index contributed by atoms with van der Waals surface area (Å²) in [5.41, 5.74) is 1.35. The van der Waals surface area contributed by atoms with E-state index in [9.17, 15) is 9.90 Å². The van der Waals surface area contributed by atoms with Crippen LogP contribution >= 0.6 is 0 Å². The van der Waals surface area contributed by atoms with Gasteiger partial charge in [0.15, 0.2) is 11.5 Å². The van der Waals surface area contributed by atoms with Crippen LogP contribution in [0.1, 0.15) is 19.4 Å². The molecule has 0 aliphatic rings. The summed E-state index contributed by atoms with van der Waals surface area (Å²) in [5, 5.41) is 12.5. The number of rotatable bonds is 6. The minimum atomic E-state index is -0.271. The van der Waals surface area contributed by atoms with Crippen LogP contribution < -0.4 is 14.8 Å². The zero-order valence-corrected chi connectivity index (χ0v) is 13.9. The van der Waals surface area contributed by atoms with Gasteiger partial charge in [0.05, 0.1) is 13.2 Å². The van der Waals surface area contributed by atoms with Crippen LogP contribution in [0.25, 0.3) is 6.08 Å². The minimum Gasteiger partial charge on any atom is -0.504 e. The Kier molecular flexibility index (Phi) is 5.84. The smallest absolute Gasteiger partial charge is 0.248 e. The number of anilines is 1. The molecule has 2 rings (SSSR count). The highest BCUT2D eigenvalue weighted by Crippen LogP contribution is 2.26. The molecule has 2 aromatic carbocycles. The third kappa shape index (κ3) is 5.05. The molecule has 0 spiro atoms. The fraction of sp³-hybridized carbons (Fsp3) is 0.211. The number of nitrogens with one attached hydrogen (secondary N) is 1. The number of methoxy groups -OCH3 is 1. The lowest BCUT2D eigenvalue weighted by Crippen LogP contribution is -2.09. The third-order valence-electron chi connectivity index (χ3n) is 3.10. The molecule has 0 saturated carbocycles. The van der Waals surface area contributed by atoms with Gasteiger partial charge in [-0.3, -0.25) is 4.79 Å². The molecule has 0 aromatic heterocycles. The predicted octanol–water partition coefficient (Wildman–Crippen LogP) is 3.84. The molecule has 0 bridgehead atoms. The van der Waals surface area contributed by atoms with E-state index < -0.39 is 0 Å². The minimum absolute atomic E-state index is 0.0265. The highest BCUT2D eigenvalue weighted by Gasteiger charge is 2.03. The molecular weight excluding hydrogens is 306 g/mol. The zero-order chi connectivity index (χ0) is 17.5. The Morgan fingerprint density at radius 3 is 2.67 bits per heavy atom. The van der Waals surface area contributed by atoms with Crippen molar-refractivity contribution in [2.75, 3.05) is 12.4 Å². The van der Waals surface area contributed by atoms with Crippen molar-refractivity contribution < 1.29 is 19.4 Å². The number of hydrogen-bond donors (Lipinski definition) is 2. The molecule has 1 amide bonds. The van der Waals surface area contributed by atoms with Crippen LogP contribution in [-0.2, 0) is 4.79 Å². The molecule has 0 radical (unpaired) electrons. The lowest BCUT2D eigenvalue weighted by Gasteiger charge is -2.11. The van der Waals surface area contributed by atoms with E-state index in [0.29, 0.717) is 22.7 Å². The van der Waals surface area contributed by atoms with Gasteiger partial charge in [-0.25, -0.2) is 0 Å². The zero-order valence-electron chi connectivity index (χ0n) is 13.9. The van der Waals surface area contributed by atoms with Gasteiger partial charge in [-0.05, 0) is 49.8 Å². The number of aromatic hydroxyl groups is 1. The molecule has 0 aliphatic heterocycles. The van der Waals surface area contributed by atoms with Crippen molar-refractivity contribution in [3.05, 3.63) is 54.1 Å². The lowest BCUT2D eigenvalue weighted by molar-refractivity contribution is -0.111. The molecule has 0 fully saturated rings. The highest BCUT2D eigenvalue weighted by molar-refractivity contribution is 6.02. The summed E-state index contributed by atoms with van der Waals surface area (Å²) in [7, 11) is 1.48. The monoisotopic (exact) mass is 327 g/mol. The molecular formula is C19H21NO4. The van der Waals surface area contributed by atoms with Gasteiger partial charge in [0.1, 0.15) is 5.75 Å². The van der Waals surface area contributed by atoms with E-state index in [1.165, 1.54) is 19.3 Å². The molecule has 2 N–H and O–H groups in total. The van der Waals surface area contributed by atoms with Gasteiger partial charge in [-0.2, -0.15) is 0 Å². The van der Waals surface area contributed by atoms with Crippen molar-refractivity contribution in [3.63, 3.8) is 0 Å². The van der Waals surface area contributed by atoms with Crippen molar-refractivity contribution in [3.8, 4) is 17.2 Å². The molecule has 24 heavy (non-hydrogen) atoms. The molecule has 0 atom stereocenters. The van der Waals surface area contributed by atoms with Gasteiger partial charge in [0.2, 0.25) is 5.91 Å². The summed E-state index contributed by atoms with van der Waals surface area (Å²) in [5.74, 6) is 0.844. The highest BCUT2D eigenvalue weighted by atomic mass is 16.5. The summed E-state index contributed by atoms with van der Waals surface area (Å²) in [6, 6.07) is 12.1. The van der Waals surface area contributed by atoms with E-state index in [2.05, 4.69) is 5.32 Å². The lowest BCUT2D eigenvalue weighted by atomic mass is 10.2. The summed E-state index contributed by atoms with van der Waals surface area (Å²) in [6.45, 7) is 3.89. The largest absolute Gasteiger partial charge is 0.504 e. The first-order valence-corrected chi connectivity index (χ1v) is 7.60. The predicted molar refractivity (Wildman–Crippen MR) is 94.5 cm³/mol. The quantitative estimate of drug-likeness (QED) is 0.791. The molecule has 5 heteroatoms. The number of benzene rings is 2. The first kappa shape index (κ1) is 17.4. The maximum atomic E-state index is 12.0. The fourth-order valence-corrected chi connectivity index (χ4v) is 2.09. The number of ether oxygens (including phenoxy) is 2. The van der Waals surface area contributed by atoms with Gasteiger partial charge >= 0.3 is 0 Å². The maximum Gasteiger partial charge on any atom is 0.248 e. The molecule has 0 unspecified atom stereocenters. The Balaban J connectivity index is 2.01. The first-order valence-electron chi connectivity index (χ1n) is 7.60. The van der Waals surface area contributed by atoms with Gasteiger partial charge < -0.3 is 19.9 Å². The van der Waals surface area contributed by atoms with Crippen molar-refractivity contribution in [2.24, 2.45) is 0 Å². The van der Waals surface area contributed by atoms with Gasteiger partial charge in [0, 0.05) is 17.8 Å². The Morgan fingerprint density at radius 1 is 1.21 bits per heavy atom. The van der Waals surface area contributed by atoms with Crippen molar-refractivity contribution in [2.45, 2.75) is 20.0 Å². The topological polar surface area (TPSA) is 67.8 Å². The molecule has 0 heterocycles. The van der Waals surface area contributed by atoms with Crippen LogP contribution in [0.2, 0.25) is 0 Å². The van der Waals surface area contributed by atoms with Gasteiger partial charge in [-0.1, -0.05) is 12.1 Å². The van der Waals surface area contributed by atoms with E-state index in [-0.39, 0.29) is 17.8 Å². The summed E-state index contributed by atoms with van der Waals surface area (Å²) in [6.07, 6.45) is 3.08. The SMILES string of the molecule is COc1ccc(/C=C/C(=O)Nc2cccc(OC(C)C)c2)cc1O. The number of carbonyl (C=O) groups is 1. The van der Waals surface area contributed by atoms with E-state index in [4.69, 9.17) is 9.47 Å². The maximum absolute atomic E-state index is 12.0. The van der Waals surface area contributed by atoms with Crippen LogP contribution in [0.15, 0.2) is 48.5 Å². The Morgan fingerprint density at radius 2 is 2.00 bits per heavy atom. The fourth-order valence-electron chi connectivity index (χ4n) is 2.09.